The van der Waals surface area contributed by atoms with Gasteiger partial charge in [-0.2, -0.15) is 5.26 Å². The van der Waals surface area contributed by atoms with Crippen molar-refractivity contribution in [2.24, 2.45) is 0 Å². The van der Waals surface area contributed by atoms with Gasteiger partial charge in [0.2, 0.25) is 5.91 Å². The summed E-state index contributed by atoms with van der Waals surface area (Å²) in [7, 11) is 1.62. The molecule has 4 rings (SSSR count). The average molecular weight is 384 g/mol. The van der Waals surface area contributed by atoms with Crippen LogP contribution in [-0.4, -0.2) is 28.7 Å². The van der Waals surface area contributed by atoms with Crippen molar-refractivity contribution in [3.05, 3.63) is 34.2 Å². The van der Waals surface area contributed by atoms with Gasteiger partial charge in [-0.1, -0.05) is 11.8 Å². The van der Waals surface area contributed by atoms with Gasteiger partial charge in [0.15, 0.2) is 5.16 Å². The Morgan fingerprint density at radius 3 is 3.19 bits per heavy atom. The third kappa shape index (κ3) is 3.16. The van der Waals surface area contributed by atoms with E-state index in [-0.39, 0.29) is 11.7 Å². The lowest BCUT2D eigenvalue weighted by Gasteiger charge is -2.03. The minimum atomic E-state index is -0.135. The molecule has 2 heterocycles. The van der Waals surface area contributed by atoms with Gasteiger partial charge in [-0.25, -0.2) is 4.98 Å². The molecule has 0 atom stereocenters. The van der Waals surface area contributed by atoms with E-state index in [0.29, 0.717) is 15.7 Å². The maximum absolute atomic E-state index is 12.3. The first-order chi connectivity index (χ1) is 12.7. The van der Waals surface area contributed by atoms with Gasteiger partial charge in [0, 0.05) is 10.9 Å². The molecule has 1 aliphatic carbocycles. The highest BCUT2D eigenvalue weighted by atomic mass is 32.2. The molecule has 1 aliphatic rings. The summed E-state index contributed by atoms with van der Waals surface area (Å²) in [6, 6.07) is 7.84. The van der Waals surface area contributed by atoms with Gasteiger partial charge in [-0.3, -0.25) is 4.79 Å². The van der Waals surface area contributed by atoms with E-state index in [4.69, 9.17) is 4.74 Å². The van der Waals surface area contributed by atoms with Gasteiger partial charge < -0.3 is 15.0 Å². The smallest absolute Gasteiger partial charge is 0.235 e. The molecule has 0 aliphatic heterocycles. The van der Waals surface area contributed by atoms with Crippen molar-refractivity contribution in [3.63, 3.8) is 0 Å². The first-order valence-electron chi connectivity index (χ1n) is 8.19. The number of thioether (sulfide) groups is 1. The molecule has 0 radical (unpaired) electrons. The highest BCUT2D eigenvalue weighted by Crippen LogP contribution is 2.38. The maximum Gasteiger partial charge on any atom is 0.235 e. The minimum absolute atomic E-state index is 0.135. The Kier molecular flexibility index (Phi) is 4.57. The molecular formula is C18H16N4O2S2. The first-order valence-corrected chi connectivity index (χ1v) is 9.99. The molecule has 8 heteroatoms. The number of thiophene rings is 1. The predicted molar refractivity (Wildman–Crippen MR) is 103 cm³/mol. The van der Waals surface area contributed by atoms with E-state index in [0.717, 1.165) is 41.6 Å². The topological polar surface area (TPSA) is 90.8 Å². The second-order valence-electron chi connectivity index (χ2n) is 5.94. The fourth-order valence-corrected chi connectivity index (χ4v) is 5.01. The van der Waals surface area contributed by atoms with Crippen LogP contribution in [-0.2, 0) is 17.6 Å². The largest absolute Gasteiger partial charge is 0.497 e. The molecule has 0 spiro atoms. The van der Waals surface area contributed by atoms with E-state index in [1.165, 1.54) is 28.0 Å². The summed E-state index contributed by atoms with van der Waals surface area (Å²) in [6.45, 7) is 0. The number of amides is 1. The van der Waals surface area contributed by atoms with Crippen LogP contribution < -0.4 is 10.1 Å². The Bertz CT molecular complexity index is 1030. The van der Waals surface area contributed by atoms with Crippen molar-refractivity contribution in [2.75, 3.05) is 18.2 Å². The molecule has 1 amide bonds. The summed E-state index contributed by atoms with van der Waals surface area (Å²) in [4.78, 5) is 21.2. The third-order valence-corrected chi connectivity index (χ3v) is 6.37. The van der Waals surface area contributed by atoms with Crippen LogP contribution >= 0.6 is 23.1 Å². The standard InChI is InChI=1S/C18H16N4O2S2/c1-24-10-5-6-13-14(7-10)21-18(20-13)25-9-16(23)22-17-12(8-19)11-3-2-4-15(11)26-17/h5-7H,2-4,9H2,1H3,(H,20,21)(H,22,23). The van der Waals surface area contributed by atoms with Crippen molar-refractivity contribution < 1.29 is 9.53 Å². The lowest BCUT2D eigenvalue weighted by molar-refractivity contribution is -0.113. The van der Waals surface area contributed by atoms with Crippen molar-refractivity contribution in [3.8, 4) is 11.8 Å². The van der Waals surface area contributed by atoms with E-state index in [1.54, 1.807) is 7.11 Å². The Balaban J connectivity index is 1.42. The maximum atomic E-state index is 12.3. The number of carbonyl (C=O) groups excluding carboxylic acids is 1. The number of fused-ring (bicyclic) bond motifs is 2. The number of nitrogens with one attached hydrogen (secondary N) is 2. The van der Waals surface area contributed by atoms with E-state index >= 15 is 0 Å². The molecule has 1 aromatic carbocycles. The number of anilines is 1. The van der Waals surface area contributed by atoms with Crippen LogP contribution in [0.2, 0.25) is 0 Å². The molecule has 0 fully saturated rings. The molecule has 6 nitrogen and oxygen atoms in total. The van der Waals surface area contributed by atoms with Gasteiger partial charge >= 0.3 is 0 Å². The Morgan fingerprint density at radius 2 is 2.38 bits per heavy atom. The van der Waals surface area contributed by atoms with Gasteiger partial charge in [0.1, 0.15) is 16.8 Å². The van der Waals surface area contributed by atoms with E-state index in [2.05, 4.69) is 21.4 Å². The lowest BCUT2D eigenvalue weighted by atomic mass is 10.1. The Morgan fingerprint density at radius 1 is 1.50 bits per heavy atom. The summed E-state index contributed by atoms with van der Waals surface area (Å²) in [5, 5.41) is 13.6. The number of rotatable bonds is 5. The van der Waals surface area contributed by atoms with Crippen LogP contribution in [0.3, 0.4) is 0 Å². The summed E-state index contributed by atoms with van der Waals surface area (Å²) in [5.41, 5.74) is 3.45. The van der Waals surface area contributed by atoms with Gasteiger partial charge in [0.25, 0.3) is 0 Å². The third-order valence-electron chi connectivity index (χ3n) is 4.29. The molecule has 0 unspecified atom stereocenters. The molecule has 26 heavy (non-hydrogen) atoms. The SMILES string of the molecule is COc1ccc2nc(SCC(=O)Nc3sc4c(c3C#N)CCC4)[nH]c2c1. The summed E-state index contributed by atoms with van der Waals surface area (Å²) in [6.07, 6.45) is 3.03. The number of aryl methyl sites for hydroxylation is 1. The van der Waals surface area contributed by atoms with E-state index in [9.17, 15) is 10.1 Å². The van der Waals surface area contributed by atoms with Crippen LogP contribution in [0.4, 0.5) is 5.00 Å². The van der Waals surface area contributed by atoms with Crippen LogP contribution in [0, 0.1) is 11.3 Å². The van der Waals surface area contributed by atoms with Crippen LogP contribution in [0.15, 0.2) is 23.4 Å². The highest BCUT2D eigenvalue weighted by molar-refractivity contribution is 7.99. The molecule has 0 saturated heterocycles. The number of methoxy groups -OCH3 is 1. The first kappa shape index (κ1) is 16.9. The number of ether oxygens (including phenoxy) is 1. The number of aromatic nitrogens is 2. The van der Waals surface area contributed by atoms with Gasteiger partial charge in [-0.05, 0) is 37.0 Å². The molecule has 0 bridgehead atoms. The quantitative estimate of drug-likeness (QED) is 0.654. The number of benzene rings is 1. The second-order valence-corrected chi connectivity index (χ2v) is 8.00. The van der Waals surface area contributed by atoms with Crippen LogP contribution in [0.1, 0.15) is 22.4 Å². The minimum Gasteiger partial charge on any atom is -0.497 e. The van der Waals surface area contributed by atoms with E-state index < -0.39 is 0 Å². The number of H-pyrrole nitrogens is 1. The number of imidazole rings is 1. The monoisotopic (exact) mass is 384 g/mol. The zero-order valence-electron chi connectivity index (χ0n) is 14.1. The molecule has 3 aromatic rings. The van der Waals surface area contributed by atoms with Gasteiger partial charge in [0.05, 0.1) is 29.5 Å². The molecule has 2 N–H and O–H groups in total. The fourth-order valence-electron chi connectivity index (χ4n) is 3.07. The molecule has 0 saturated carbocycles. The molecule has 132 valence electrons. The Labute approximate surface area is 158 Å². The number of aromatic amines is 1. The van der Waals surface area contributed by atoms with Crippen molar-refractivity contribution >= 4 is 45.0 Å². The molecule has 2 aromatic heterocycles. The number of nitrogens with zero attached hydrogens (tertiary/aromatic N) is 2. The van der Waals surface area contributed by atoms with Gasteiger partial charge in [-0.15, -0.1) is 11.3 Å². The number of hydrogen-bond acceptors (Lipinski definition) is 6. The Hall–Kier alpha value is -2.50. The van der Waals surface area contributed by atoms with Crippen molar-refractivity contribution in [2.45, 2.75) is 24.4 Å². The zero-order valence-corrected chi connectivity index (χ0v) is 15.7. The van der Waals surface area contributed by atoms with Crippen molar-refractivity contribution in [1.29, 1.82) is 5.26 Å². The summed E-state index contributed by atoms with van der Waals surface area (Å²) in [5.74, 6) is 0.847. The van der Waals surface area contributed by atoms with Crippen LogP contribution in [0.25, 0.3) is 11.0 Å². The number of carbonyl (C=O) groups is 1. The number of nitriles is 1. The number of hydrogen-bond donors (Lipinski definition) is 2. The second kappa shape index (κ2) is 7.02. The highest BCUT2D eigenvalue weighted by Gasteiger charge is 2.23. The molecular weight excluding hydrogens is 368 g/mol. The normalized spacial score (nSPS) is 12.8. The predicted octanol–water partition coefficient (Wildman–Crippen LogP) is 3.72. The van der Waals surface area contributed by atoms with Crippen molar-refractivity contribution in [1.82, 2.24) is 9.97 Å². The summed E-state index contributed by atoms with van der Waals surface area (Å²) < 4.78 is 5.20. The van der Waals surface area contributed by atoms with Crippen LogP contribution in [0.5, 0.6) is 5.75 Å². The van der Waals surface area contributed by atoms with E-state index in [1.807, 2.05) is 18.2 Å². The fraction of sp³-hybridized carbons (Fsp3) is 0.278. The average Bonchev–Trinajstić information content (AvgIpc) is 3.32. The summed E-state index contributed by atoms with van der Waals surface area (Å²) >= 11 is 2.86. The zero-order chi connectivity index (χ0) is 18.1. The lowest BCUT2D eigenvalue weighted by Crippen LogP contribution is -2.14.